The molecule has 8 heteroatoms. The first kappa shape index (κ1) is 17.8. The number of amides is 1. The molecular weight excluding hydrogens is 380 g/mol. The summed E-state index contributed by atoms with van der Waals surface area (Å²) in [5.74, 6) is 0.381. The first-order chi connectivity index (χ1) is 12.8. The number of hydrogen-bond acceptors (Lipinski definition) is 6. The van der Waals surface area contributed by atoms with Gasteiger partial charge in [-0.25, -0.2) is 9.97 Å². The van der Waals surface area contributed by atoms with Gasteiger partial charge < -0.3 is 9.88 Å². The Morgan fingerprint density at radius 2 is 2.04 bits per heavy atom. The number of pyridine rings is 1. The molecule has 138 valence electrons. The highest BCUT2D eigenvalue weighted by atomic mass is 32.1. The predicted molar refractivity (Wildman–Crippen MR) is 110 cm³/mol. The Morgan fingerprint density at radius 3 is 2.81 bits per heavy atom. The fourth-order valence-corrected chi connectivity index (χ4v) is 5.31. The van der Waals surface area contributed by atoms with Gasteiger partial charge in [0.2, 0.25) is 0 Å². The van der Waals surface area contributed by atoms with Gasteiger partial charge >= 0.3 is 0 Å². The number of fused-ring (bicyclic) bond motifs is 2. The van der Waals surface area contributed by atoms with Gasteiger partial charge in [-0.05, 0) is 49.4 Å². The summed E-state index contributed by atoms with van der Waals surface area (Å²) in [4.78, 5) is 40.1. The summed E-state index contributed by atoms with van der Waals surface area (Å²) >= 11 is 2.77. The molecule has 4 aromatic rings. The van der Waals surface area contributed by atoms with E-state index in [1.54, 1.807) is 11.9 Å². The Hall–Kier alpha value is -2.58. The Morgan fingerprint density at radius 1 is 1.26 bits per heavy atom. The summed E-state index contributed by atoms with van der Waals surface area (Å²) in [5.41, 5.74) is 3.51. The van der Waals surface area contributed by atoms with Crippen molar-refractivity contribution in [1.29, 1.82) is 0 Å². The molecule has 0 bridgehead atoms. The van der Waals surface area contributed by atoms with Crippen molar-refractivity contribution in [2.24, 2.45) is 0 Å². The van der Waals surface area contributed by atoms with Gasteiger partial charge in [0, 0.05) is 18.1 Å². The normalized spacial score (nSPS) is 11.4. The van der Waals surface area contributed by atoms with E-state index in [1.807, 2.05) is 38.3 Å². The second kappa shape index (κ2) is 6.54. The zero-order valence-electron chi connectivity index (χ0n) is 15.4. The van der Waals surface area contributed by atoms with E-state index >= 15 is 0 Å². The van der Waals surface area contributed by atoms with Crippen LogP contribution in [0.3, 0.4) is 0 Å². The third-order valence-corrected chi connectivity index (χ3v) is 6.59. The lowest BCUT2D eigenvalue weighted by Crippen LogP contribution is -2.28. The first-order valence-corrected chi connectivity index (χ1v) is 10.1. The number of nitrogens with one attached hydrogen (secondary N) is 1. The minimum atomic E-state index is -0.167. The number of hydrogen-bond donors (Lipinski definition) is 1. The van der Waals surface area contributed by atoms with E-state index in [2.05, 4.69) is 15.0 Å². The maximum atomic E-state index is 13.0. The third-order valence-electron chi connectivity index (χ3n) is 4.52. The lowest BCUT2D eigenvalue weighted by Gasteiger charge is -2.16. The Balaban J connectivity index is 1.67. The van der Waals surface area contributed by atoms with E-state index in [1.165, 1.54) is 22.7 Å². The maximum Gasteiger partial charge on any atom is 0.268 e. The van der Waals surface area contributed by atoms with E-state index in [0.717, 1.165) is 27.0 Å². The van der Waals surface area contributed by atoms with E-state index in [0.29, 0.717) is 20.9 Å². The van der Waals surface area contributed by atoms with Gasteiger partial charge in [-0.1, -0.05) is 0 Å². The fraction of sp³-hybridized carbons (Fsp3) is 0.263. The summed E-state index contributed by atoms with van der Waals surface area (Å²) in [7, 11) is 1.72. The molecule has 0 saturated carbocycles. The lowest BCUT2D eigenvalue weighted by atomic mass is 10.1. The van der Waals surface area contributed by atoms with E-state index < -0.39 is 0 Å². The Kier molecular flexibility index (Phi) is 4.32. The van der Waals surface area contributed by atoms with Crippen LogP contribution in [0.25, 0.3) is 20.4 Å². The molecule has 0 unspecified atom stereocenters. The molecule has 1 N–H and O–H groups in total. The standard InChI is InChI=1S/C19H18N4O2S2/c1-9-7-10(2)20-18-14(9)11(3)15(27-18)19(25)23(4)8-13-21-12-5-6-26-16(12)17(24)22-13/h5-7H,8H2,1-4H3,(H,21,22,24). The Labute approximate surface area is 163 Å². The molecule has 0 aromatic carbocycles. The number of aromatic nitrogens is 3. The zero-order chi connectivity index (χ0) is 19.3. The SMILES string of the molecule is Cc1cc(C)c2c(C)c(C(=O)N(C)Cc3nc4ccsc4c(=O)[nH]3)sc2n1. The number of carbonyl (C=O) groups is 1. The number of aryl methyl sites for hydroxylation is 3. The minimum absolute atomic E-state index is 0.0967. The predicted octanol–water partition coefficient (Wildman–Crippen LogP) is 3.79. The Bertz CT molecular complexity index is 1250. The molecule has 6 nitrogen and oxygen atoms in total. The van der Waals surface area contributed by atoms with Crippen molar-refractivity contribution in [2.75, 3.05) is 7.05 Å². The van der Waals surface area contributed by atoms with Crippen molar-refractivity contribution < 1.29 is 4.79 Å². The van der Waals surface area contributed by atoms with Crippen LogP contribution in [0, 0.1) is 20.8 Å². The number of nitrogens with zero attached hydrogens (tertiary/aromatic N) is 3. The fourth-order valence-electron chi connectivity index (χ4n) is 3.29. The van der Waals surface area contributed by atoms with Crippen molar-refractivity contribution in [2.45, 2.75) is 27.3 Å². The van der Waals surface area contributed by atoms with Crippen molar-refractivity contribution in [3.8, 4) is 0 Å². The summed E-state index contributed by atoms with van der Waals surface area (Å²) in [6, 6.07) is 3.85. The molecule has 0 saturated heterocycles. The minimum Gasteiger partial charge on any atom is -0.334 e. The summed E-state index contributed by atoms with van der Waals surface area (Å²) in [6.45, 7) is 6.19. The van der Waals surface area contributed by atoms with Crippen LogP contribution < -0.4 is 5.56 Å². The van der Waals surface area contributed by atoms with Crippen LogP contribution >= 0.6 is 22.7 Å². The molecule has 0 aliphatic rings. The smallest absolute Gasteiger partial charge is 0.268 e. The summed E-state index contributed by atoms with van der Waals surface area (Å²) in [5, 5.41) is 2.89. The number of thiophene rings is 2. The van der Waals surface area contributed by atoms with Gasteiger partial charge in [0.1, 0.15) is 15.4 Å². The molecule has 4 aromatic heterocycles. The molecule has 0 spiro atoms. The van der Waals surface area contributed by atoms with Crippen LogP contribution in [0.1, 0.15) is 32.3 Å². The molecule has 1 amide bonds. The van der Waals surface area contributed by atoms with Crippen molar-refractivity contribution in [1.82, 2.24) is 19.9 Å². The highest BCUT2D eigenvalue weighted by molar-refractivity contribution is 7.20. The monoisotopic (exact) mass is 398 g/mol. The molecule has 0 radical (unpaired) electrons. The summed E-state index contributed by atoms with van der Waals surface area (Å²) in [6.07, 6.45) is 0. The van der Waals surface area contributed by atoms with Crippen molar-refractivity contribution in [3.63, 3.8) is 0 Å². The average molecular weight is 399 g/mol. The van der Waals surface area contributed by atoms with Gasteiger partial charge in [-0.15, -0.1) is 22.7 Å². The second-order valence-electron chi connectivity index (χ2n) is 6.63. The molecule has 0 aliphatic carbocycles. The van der Waals surface area contributed by atoms with Crippen LogP contribution in [-0.2, 0) is 6.54 Å². The van der Waals surface area contributed by atoms with Crippen LogP contribution in [0.5, 0.6) is 0 Å². The third kappa shape index (κ3) is 3.04. The highest BCUT2D eigenvalue weighted by Gasteiger charge is 2.21. The highest BCUT2D eigenvalue weighted by Crippen LogP contribution is 2.33. The number of carbonyl (C=O) groups excluding carboxylic acids is 1. The zero-order valence-corrected chi connectivity index (χ0v) is 17.0. The van der Waals surface area contributed by atoms with Crippen LogP contribution in [0.2, 0.25) is 0 Å². The van der Waals surface area contributed by atoms with Gasteiger partial charge in [0.15, 0.2) is 0 Å². The van der Waals surface area contributed by atoms with Crippen LogP contribution in [0.4, 0.5) is 0 Å². The topological polar surface area (TPSA) is 79.0 Å². The van der Waals surface area contributed by atoms with Crippen molar-refractivity contribution >= 4 is 49.0 Å². The summed E-state index contributed by atoms with van der Waals surface area (Å²) < 4.78 is 0.602. The van der Waals surface area contributed by atoms with E-state index in [4.69, 9.17) is 0 Å². The molecule has 0 aliphatic heterocycles. The van der Waals surface area contributed by atoms with Gasteiger partial charge in [0.25, 0.3) is 11.5 Å². The molecule has 4 rings (SSSR count). The second-order valence-corrected chi connectivity index (χ2v) is 8.54. The van der Waals surface area contributed by atoms with Gasteiger partial charge in [-0.2, -0.15) is 0 Å². The first-order valence-electron chi connectivity index (χ1n) is 8.44. The molecule has 4 heterocycles. The molecule has 0 atom stereocenters. The van der Waals surface area contributed by atoms with E-state index in [-0.39, 0.29) is 18.0 Å². The molecule has 0 fully saturated rings. The van der Waals surface area contributed by atoms with E-state index in [9.17, 15) is 9.59 Å². The largest absolute Gasteiger partial charge is 0.334 e. The van der Waals surface area contributed by atoms with Gasteiger partial charge in [-0.3, -0.25) is 9.59 Å². The molecule has 27 heavy (non-hydrogen) atoms. The van der Waals surface area contributed by atoms with Crippen LogP contribution in [-0.4, -0.2) is 32.8 Å². The van der Waals surface area contributed by atoms with Gasteiger partial charge in [0.05, 0.1) is 16.9 Å². The molecular formula is C19H18N4O2S2. The maximum absolute atomic E-state index is 13.0. The van der Waals surface area contributed by atoms with Crippen LogP contribution in [0.15, 0.2) is 22.3 Å². The quantitative estimate of drug-likeness (QED) is 0.569. The van der Waals surface area contributed by atoms with Crippen molar-refractivity contribution in [3.05, 3.63) is 55.4 Å². The number of H-pyrrole nitrogens is 1. The number of rotatable bonds is 3. The lowest BCUT2D eigenvalue weighted by molar-refractivity contribution is 0.0786. The number of aromatic amines is 1. The average Bonchev–Trinajstić information content (AvgIpc) is 3.19.